The van der Waals surface area contributed by atoms with E-state index >= 15 is 0 Å². The third-order valence-corrected chi connectivity index (χ3v) is 3.94. The molecule has 6 nitrogen and oxygen atoms in total. The number of benzene rings is 2. The van der Waals surface area contributed by atoms with E-state index in [1.165, 1.54) is 4.90 Å². The van der Waals surface area contributed by atoms with E-state index in [0.29, 0.717) is 23.5 Å². The van der Waals surface area contributed by atoms with Crippen molar-refractivity contribution in [3.05, 3.63) is 53.6 Å². The van der Waals surface area contributed by atoms with Crippen LogP contribution in [-0.4, -0.2) is 32.6 Å². The maximum Gasteiger partial charge on any atom is 0.264 e. The first kappa shape index (κ1) is 15.9. The lowest BCUT2D eigenvalue weighted by Gasteiger charge is -2.26. The summed E-state index contributed by atoms with van der Waals surface area (Å²) in [5, 5.41) is 2.86. The molecule has 1 N–H and O–H groups in total. The maximum atomic E-state index is 12.4. The van der Waals surface area contributed by atoms with Crippen molar-refractivity contribution >= 4 is 17.5 Å². The zero-order valence-electron chi connectivity index (χ0n) is 13.5. The molecule has 0 saturated heterocycles. The molecule has 1 aliphatic rings. The molecule has 0 aromatic heterocycles. The van der Waals surface area contributed by atoms with Crippen LogP contribution in [0.2, 0.25) is 0 Å². The molecule has 2 aromatic carbocycles. The first-order valence-corrected chi connectivity index (χ1v) is 7.53. The number of carbonyl (C=O) groups excluding carboxylic acids is 2. The molecule has 0 aliphatic carbocycles. The monoisotopic (exact) mass is 326 g/mol. The van der Waals surface area contributed by atoms with E-state index < -0.39 is 0 Å². The lowest BCUT2D eigenvalue weighted by Crippen LogP contribution is -2.35. The Kier molecular flexibility index (Phi) is 4.37. The summed E-state index contributed by atoms with van der Waals surface area (Å²) in [7, 11) is 3.26. The fraction of sp³-hybridized carbons (Fsp3) is 0.222. The minimum absolute atomic E-state index is 0.0167. The predicted molar refractivity (Wildman–Crippen MR) is 89.5 cm³/mol. The first-order chi connectivity index (χ1) is 11.6. The summed E-state index contributed by atoms with van der Waals surface area (Å²) in [5.74, 6) is 0.949. The van der Waals surface area contributed by atoms with Crippen molar-refractivity contribution in [2.24, 2.45) is 0 Å². The van der Waals surface area contributed by atoms with Gasteiger partial charge in [-0.25, -0.2) is 0 Å². The molecule has 2 amide bonds. The molecule has 2 aromatic rings. The van der Waals surface area contributed by atoms with Crippen LogP contribution in [0.4, 0.5) is 5.69 Å². The number of anilines is 1. The summed E-state index contributed by atoms with van der Waals surface area (Å²) in [4.78, 5) is 25.6. The van der Waals surface area contributed by atoms with Crippen molar-refractivity contribution in [2.45, 2.75) is 6.54 Å². The second kappa shape index (κ2) is 6.62. The van der Waals surface area contributed by atoms with Gasteiger partial charge in [-0.3, -0.25) is 9.59 Å². The molecule has 0 spiro atoms. The Labute approximate surface area is 140 Å². The highest BCUT2D eigenvalue weighted by Crippen LogP contribution is 2.31. The molecule has 0 radical (unpaired) electrons. The summed E-state index contributed by atoms with van der Waals surface area (Å²) in [6, 6.07) is 12.5. The minimum atomic E-state index is -0.227. The molecule has 0 atom stereocenters. The van der Waals surface area contributed by atoms with Crippen molar-refractivity contribution < 1.29 is 19.1 Å². The molecule has 6 heteroatoms. The number of likely N-dealkylation sites (N-methyl/N-ethyl adjacent to an activating group) is 1. The summed E-state index contributed by atoms with van der Waals surface area (Å²) in [5.41, 5.74) is 1.95. The molecule has 1 aliphatic heterocycles. The smallest absolute Gasteiger partial charge is 0.264 e. The number of ether oxygens (including phenoxy) is 2. The summed E-state index contributed by atoms with van der Waals surface area (Å²) in [6.07, 6.45) is 0. The van der Waals surface area contributed by atoms with Gasteiger partial charge in [0.15, 0.2) is 6.61 Å². The van der Waals surface area contributed by atoms with Crippen molar-refractivity contribution in [3.63, 3.8) is 0 Å². The number of amides is 2. The van der Waals surface area contributed by atoms with Gasteiger partial charge in [0.25, 0.3) is 11.8 Å². The first-order valence-electron chi connectivity index (χ1n) is 7.53. The van der Waals surface area contributed by atoms with E-state index in [-0.39, 0.29) is 18.4 Å². The molecule has 124 valence electrons. The van der Waals surface area contributed by atoms with Gasteiger partial charge in [-0.1, -0.05) is 18.2 Å². The van der Waals surface area contributed by atoms with Crippen LogP contribution in [-0.2, 0) is 11.3 Å². The molecule has 3 rings (SSSR count). The van der Waals surface area contributed by atoms with E-state index in [1.807, 2.05) is 24.3 Å². The van der Waals surface area contributed by atoms with Crippen LogP contribution < -0.4 is 19.7 Å². The highest BCUT2D eigenvalue weighted by atomic mass is 16.5. The lowest BCUT2D eigenvalue weighted by molar-refractivity contribution is -0.120. The van der Waals surface area contributed by atoms with Gasteiger partial charge in [-0.15, -0.1) is 0 Å². The van der Waals surface area contributed by atoms with Crippen molar-refractivity contribution in [1.29, 1.82) is 0 Å². The Morgan fingerprint density at radius 1 is 1.29 bits per heavy atom. The van der Waals surface area contributed by atoms with Crippen LogP contribution in [0, 0.1) is 0 Å². The van der Waals surface area contributed by atoms with Crippen LogP contribution in [0.1, 0.15) is 15.9 Å². The highest BCUT2D eigenvalue weighted by molar-refractivity contribution is 6.00. The molecule has 1 heterocycles. The van der Waals surface area contributed by atoms with Gasteiger partial charge in [0.2, 0.25) is 0 Å². The Balaban J connectivity index is 1.75. The van der Waals surface area contributed by atoms with Gasteiger partial charge in [0, 0.05) is 24.7 Å². The number of rotatable bonds is 4. The summed E-state index contributed by atoms with van der Waals surface area (Å²) in [6.45, 7) is 0.369. The third-order valence-electron chi connectivity index (χ3n) is 3.94. The largest absolute Gasteiger partial charge is 0.496 e. The summed E-state index contributed by atoms with van der Waals surface area (Å²) < 4.78 is 10.6. The number of nitrogens with one attached hydrogen (secondary N) is 1. The number of fused-ring (bicyclic) bond motifs is 1. The number of methoxy groups -OCH3 is 1. The molecule has 0 bridgehead atoms. The quantitative estimate of drug-likeness (QED) is 0.933. The number of carbonyl (C=O) groups is 2. The van der Waals surface area contributed by atoms with Gasteiger partial charge in [0.05, 0.1) is 12.8 Å². The molecule has 0 unspecified atom stereocenters. The number of nitrogens with zero attached hydrogens (tertiary/aromatic N) is 1. The average molecular weight is 326 g/mol. The zero-order valence-corrected chi connectivity index (χ0v) is 13.5. The third kappa shape index (κ3) is 3.03. The number of hydrogen-bond donors (Lipinski definition) is 1. The molecule has 0 saturated carbocycles. The maximum absolute atomic E-state index is 12.4. The molecule has 24 heavy (non-hydrogen) atoms. The predicted octanol–water partition coefficient (Wildman–Crippen LogP) is 1.98. The average Bonchev–Trinajstić information content (AvgIpc) is 2.62. The molecular formula is C18H18N2O4. The van der Waals surface area contributed by atoms with Crippen LogP contribution >= 0.6 is 0 Å². The van der Waals surface area contributed by atoms with Gasteiger partial charge >= 0.3 is 0 Å². The van der Waals surface area contributed by atoms with E-state index in [1.54, 1.807) is 32.4 Å². The van der Waals surface area contributed by atoms with E-state index in [2.05, 4.69) is 5.32 Å². The summed E-state index contributed by atoms with van der Waals surface area (Å²) >= 11 is 0. The van der Waals surface area contributed by atoms with Crippen molar-refractivity contribution in [1.82, 2.24) is 5.32 Å². The molecular weight excluding hydrogens is 308 g/mol. The Hall–Kier alpha value is -3.02. The topological polar surface area (TPSA) is 67.9 Å². The van der Waals surface area contributed by atoms with Gasteiger partial charge in [0.1, 0.15) is 11.5 Å². The van der Waals surface area contributed by atoms with Gasteiger partial charge in [-0.05, 0) is 24.3 Å². The Morgan fingerprint density at radius 3 is 2.88 bits per heavy atom. The number of hydrogen-bond acceptors (Lipinski definition) is 4. The van der Waals surface area contributed by atoms with Crippen LogP contribution in [0.5, 0.6) is 11.5 Å². The van der Waals surface area contributed by atoms with E-state index in [4.69, 9.17) is 9.47 Å². The second-order valence-electron chi connectivity index (χ2n) is 5.42. The van der Waals surface area contributed by atoms with Crippen molar-refractivity contribution in [3.8, 4) is 11.5 Å². The molecule has 0 fully saturated rings. The minimum Gasteiger partial charge on any atom is -0.496 e. The second-order valence-corrected chi connectivity index (χ2v) is 5.42. The van der Waals surface area contributed by atoms with E-state index in [9.17, 15) is 9.59 Å². The fourth-order valence-corrected chi connectivity index (χ4v) is 2.54. The van der Waals surface area contributed by atoms with Crippen LogP contribution in [0.3, 0.4) is 0 Å². The lowest BCUT2D eigenvalue weighted by atomic mass is 10.1. The highest BCUT2D eigenvalue weighted by Gasteiger charge is 2.23. The Bertz CT molecular complexity index is 788. The zero-order chi connectivity index (χ0) is 17.1. The number of para-hydroxylation sites is 1. The standard InChI is InChI=1S/C18H18N2O4/c1-20-14-9-12(7-8-16(14)24-11-17(20)21)18(22)19-10-13-5-3-4-6-15(13)23-2/h3-9H,10-11H2,1-2H3,(H,19,22). The normalized spacial score (nSPS) is 13.1. The van der Waals surface area contributed by atoms with Crippen LogP contribution in [0.15, 0.2) is 42.5 Å². The SMILES string of the molecule is COc1ccccc1CNC(=O)c1ccc2c(c1)N(C)C(=O)CO2. The van der Waals surface area contributed by atoms with Gasteiger partial charge < -0.3 is 19.7 Å². The van der Waals surface area contributed by atoms with Crippen LogP contribution in [0.25, 0.3) is 0 Å². The Morgan fingerprint density at radius 2 is 2.08 bits per heavy atom. The van der Waals surface area contributed by atoms with Gasteiger partial charge in [-0.2, -0.15) is 0 Å². The fourth-order valence-electron chi connectivity index (χ4n) is 2.54. The van der Waals surface area contributed by atoms with Crippen molar-refractivity contribution in [2.75, 3.05) is 25.7 Å². The van der Waals surface area contributed by atoms with E-state index in [0.717, 1.165) is 11.3 Å².